The van der Waals surface area contributed by atoms with Crippen molar-refractivity contribution in [2.24, 2.45) is 0 Å². The zero-order valence-corrected chi connectivity index (χ0v) is 22.0. The number of hydrogen-bond donors (Lipinski definition) is 0. The monoisotopic (exact) mass is 425 g/mol. The highest BCUT2D eigenvalue weighted by atomic mass is 28.3. The molecule has 1 atom stereocenters. The number of benzene rings is 1. The summed E-state index contributed by atoms with van der Waals surface area (Å²) in [7, 11) is -2.62. The van der Waals surface area contributed by atoms with Crippen molar-refractivity contribution < 1.29 is 0 Å². The van der Waals surface area contributed by atoms with Crippen LogP contribution in [0.1, 0.15) is 65.1 Å². The summed E-state index contributed by atoms with van der Waals surface area (Å²) in [6.45, 7) is 17.1. The van der Waals surface area contributed by atoms with Crippen molar-refractivity contribution in [2.75, 3.05) is 0 Å². The van der Waals surface area contributed by atoms with Gasteiger partial charge in [0, 0.05) is 11.8 Å². The van der Waals surface area contributed by atoms with E-state index < -0.39 is 16.1 Å². The maximum absolute atomic E-state index is 4.85. The van der Waals surface area contributed by atoms with Crippen LogP contribution in [-0.2, 0) is 6.04 Å². The fraction of sp³-hybridized carbons (Fsp3) is 0.577. The van der Waals surface area contributed by atoms with Crippen molar-refractivity contribution in [3.05, 3.63) is 53.7 Å². The SMILES string of the molecule is CC[Si](CC)(CC)Cc1cccc(C(C)[Si](CC)(CC)CC)c1-c1ccccn1. The maximum Gasteiger partial charge on any atom is 0.0707 e. The molecule has 0 aliphatic heterocycles. The average Bonchev–Trinajstić information content (AvgIpc) is 2.79. The van der Waals surface area contributed by atoms with Crippen LogP contribution in [0.15, 0.2) is 42.6 Å². The van der Waals surface area contributed by atoms with E-state index in [1.54, 1.807) is 11.1 Å². The topological polar surface area (TPSA) is 12.9 Å². The van der Waals surface area contributed by atoms with Gasteiger partial charge in [-0.3, -0.25) is 4.98 Å². The van der Waals surface area contributed by atoms with E-state index >= 15 is 0 Å². The van der Waals surface area contributed by atoms with Gasteiger partial charge in [-0.1, -0.05) is 109 Å². The molecule has 0 radical (unpaired) electrons. The summed E-state index contributed by atoms with van der Waals surface area (Å²) in [5.74, 6) is 0. The van der Waals surface area contributed by atoms with E-state index in [9.17, 15) is 0 Å². The fourth-order valence-corrected chi connectivity index (χ4v) is 13.1. The van der Waals surface area contributed by atoms with Crippen molar-refractivity contribution in [3.63, 3.8) is 0 Å². The smallest absolute Gasteiger partial charge is 0.0707 e. The molecule has 160 valence electrons. The fourth-order valence-electron chi connectivity index (χ4n) is 5.48. The molecule has 0 aliphatic rings. The van der Waals surface area contributed by atoms with Crippen LogP contribution in [0.3, 0.4) is 0 Å². The highest BCUT2D eigenvalue weighted by Crippen LogP contribution is 2.42. The minimum Gasteiger partial charge on any atom is -0.256 e. The van der Waals surface area contributed by atoms with Gasteiger partial charge in [-0.15, -0.1) is 0 Å². The quantitative estimate of drug-likeness (QED) is 0.329. The lowest BCUT2D eigenvalue weighted by atomic mass is 9.96. The molecule has 1 aromatic carbocycles. The minimum atomic E-state index is -1.35. The molecule has 3 heteroatoms. The first-order valence-electron chi connectivity index (χ1n) is 12.0. The lowest BCUT2D eigenvalue weighted by Crippen LogP contribution is -2.39. The lowest BCUT2D eigenvalue weighted by Gasteiger charge is -2.37. The van der Waals surface area contributed by atoms with E-state index in [1.165, 1.54) is 53.6 Å². The van der Waals surface area contributed by atoms with Crippen LogP contribution >= 0.6 is 0 Å². The molecule has 2 aromatic rings. The number of pyridine rings is 1. The Labute approximate surface area is 182 Å². The Bertz CT molecular complexity index is 732. The molecule has 0 bridgehead atoms. The Kier molecular flexibility index (Phi) is 8.90. The Hall–Kier alpha value is -1.20. The van der Waals surface area contributed by atoms with Crippen LogP contribution in [0.25, 0.3) is 11.3 Å². The van der Waals surface area contributed by atoms with Crippen molar-refractivity contribution in [2.45, 2.75) is 96.3 Å². The van der Waals surface area contributed by atoms with Crippen LogP contribution < -0.4 is 0 Å². The Balaban J connectivity index is 2.70. The first kappa shape index (κ1) is 24.1. The second-order valence-electron chi connectivity index (χ2n) is 8.98. The van der Waals surface area contributed by atoms with Gasteiger partial charge >= 0.3 is 0 Å². The Morgan fingerprint density at radius 1 is 0.759 bits per heavy atom. The number of aromatic nitrogens is 1. The highest BCUT2D eigenvalue weighted by molar-refractivity contribution is 6.81. The van der Waals surface area contributed by atoms with Gasteiger partial charge in [0.25, 0.3) is 0 Å². The molecule has 0 amide bonds. The molecule has 0 aliphatic carbocycles. The normalized spacial score (nSPS) is 13.5. The van der Waals surface area contributed by atoms with Gasteiger partial charge in [0.05, 0.1) is 21.8 Å². The van der Waals surface area contributed by atoms with Gasteiger partial charge < -0.3 is 0 Å². The van der Waals surface area contributed by atoms with Crippen LogP contribution in [0, 0.1) is 0 Å². The second kappa shape index (κ2) is 10.7. The Morgan fingerprint density at radius 2 is 1.38 bits per heavy atom. The third-order valence-electron chi connectivity index (χ3n) is 8.42. The first-order chi connectivity index (χ1) is 14.0. The second-order valence-corrected chi connectivity index (χ2v) is 20.2. The summed E-state index contributed by atoms with van der Waals surface area (Å²) in [6.07, 6.45) is 1.97. The zero-order valence-electron chi connectivity index (χ0n) is 20.0. The van der Waals surface area contributed by atoms with E-state index in [1.807, 2.05) is 12.3 Å². The van der Waals surface area contributed by atoms with Crippen LogP contribution in [0.2, 0.25) is 36.3 Å². The summed E-state index contributed by atoms with van der Waals surface area (Å²) in [4.78, 5) is 4.85. The largest absolute Gasteiger partial charge is 0.256 e. The van der Waals surface area contributed by atoms with E-state index in [0.29, 0.717) is 5.54 Å². The van der Waals surface area contributed by atoms with Crippen molar-refractivity contribution in [1.82, 2.24) is 4.98 Å². The van der Waals surface area contributed by atoms with E-state index in [-0.39, 0.29) is 0 Å². The summed E-state index contributed by atoms with van der Waals surface area (Å²) < 4.78 is 0. The Morgan fingerprint density at radius 3 is 1.86 bits per heavy atom. The third kappa shape index (κ3) is 4.94. The van der Waals surface area contributed by atoms with Crippen molar-refractivity contribution in [1.29, 1.82) is 0 Å². The molecule has 1 unspecified atom stereocenters. The summed E-state index contributed by atoms with van der Waals surface area (Å²) in [5.41, 5.74) is 6.46. The third-order valence-corrected chi connectivity index (χ3v) is 20.4. The van der Waals surface area contributed by atoms with E-state index in [2.05, 4.69) is 78.8 Å². The summed E-state index contributed by atoms with van der Waals surface area (Å²) in [6, 6.07) is 23.1. The highest BCUT2D eigenvalue weighted by Gasteiger charge is 2.36. The number of rotatable bonds is 11. The van der Waals surface area contributed by atoms with Gasteiger partial charge in [0.1, 0.15) is 0 Å². The molecule has 0 N–H and O–H groups in total. The minimum absolute atomic E-state index is 0.667. The standard InChI is InChI=1S/C26H43NSi2/c1-8-28(9-2,10-3)21-23-17-16-18-24(22(7)29(11-4,12-5)13-6)26(23)25-19-14-15-20-27-25/h14-20,22H,8-13,21H2,1-7H3. The molecule has 1 heterocycles. The van der Waals surface area contributed by atoms with Gasteiger partial charge in [0.15, 0.2) is 0 Å². The van der Waals surface area contributed by atoms with Crippen molar-refractivity contribution >= 4 is 16.1 Å². The van der Waals surface area contributed by atoms with E-state index in [4.69, 9.17) is 4.98 Å². The zero-order chi connectivity index (χ0) is 21.5. The number of nitrogens with zero attached hydrogens (tertiary/aromatic N) is 1. The van der Waals surface area contributed by atoms with Crippen molar-refractivity contribution in [3.8, 4) is 11.3 Å². The summed E-state index contributed by atoms with van der Waals surface area (Å²) in [5, 5.41) is 0. The van der Waals surface area contributed by atoms with Crippen LogP contribution in [0.4, 0.5) is 0 Å². The molecular formula is C26H43NSi2. The van der Waals surface area contributed by atoms with Gasteiger partial charge in [-0.2, -0.15) is 0 Å². The van der Waals surface area contributed by atoms with Gasteiger partial charge in [0.2, 0.25) is 0 Å². The molecule has 0 saturated carbocycles. The molecule has 0 fully saturated rings. The van der Waals surface area contributed by atoms with Gasteiger partial charge in [-0.25, -0.2) is 0 Å². The number of hydrogen-bond acceptors (Lipinski definition) is 1. The molecule has 2 rings (SSSR count). The molecule has 1 aromatic heterocycles. The predicted octanol–water partition coefficient (Wildman–Crippen LogP) is 8.49. The molecule has 29 heavy (non-hydrogen) atoms. The predicted molar refractivity (Wildman–Crippen MR) is 136 cm³/mol. The molecular weight excluding hydrogens is 382 g/mol. The maximum atomic E-state index is 4.85. The first-order valence-corrected chi connectivity index (χ1v) is 17.5. The average molecular weight is 426 g/mol. The molecule has 0 spiro atoms. The summed E-state index contributed by atoms with van der Waals surface area (Å²) >= 11 is 0. The van der Waals surface area contributed by atoms with Crippen LogP contribution in [-0.4, -0.2) is 21.1 Å². The van der Waals surface area contributed by atoms with Gasteiger partial charge in [-0.05, 0) is 34.8 Å². The molecule has 1 nitrogen and oxygen atoms in total. The van der Waals surface area contributed by atoms with Crippen LogP contribution in [0.5, 0.6) is 0 Å². The lowest BCUT2D eigenvalue weighted by molar-refractivity contribution is 0.941. The molecule has 0 saturated heterocycles. The van der Waals surface area contributed by atoms with E-state index in [0.717, 1.165) is 0 Å².